The van der Waals surface area contributed by atoms with Crippen LogP contribution in [0.5, 0.6) is 0 Å². The van der Waals surface area contributed by atoms with Gasteiger partial charge in [0.1, 0.15) is 11.6 Å². The molecule has 10 rings (SSSR count). The van der Waals surface area contributed by atoms with Crippen molar-refractivity contribution in [3.63, 3.8) is 0 Å². The highest BCUT2D eigenvalue weighted by atomic mass is 15.3. The summed E-state index contributed by atoms with van der Waals surface area (Å²) in [6, 6.07) is 50.1. The van der Waals surface area contributed by atoms with Crippen molar-refractivity contribution >= 4 is 60.8 Å². The van der Waals surface area contributed by atoms with Crippen LogP contribution in [0.2, 0.25) is 0 Å². The quantitative estimate of drug-likeness (QED) is 0.205. The number of pyridine rings is 1. The monoisotopic (exact) mass is 590 g/mol. The SMILES string of the molecule is CC12C=CC=C(n3c4ccccc4c4ccccc43)C1c1ccccc1N2c1cccc(-n2c3ccccc3c3ccccc32)n1. The number of fused-ring (bicyclic) bond motifs is 9. The maximum absolute atomic E-state index is 5.45. The third kappa shape index (κ3) is 3.30. The molecule has 0 amide bonds. The number of aromatic nitrogens is 3. The number of benzene rings is 5. The predicted molar refractivity (Wildman–Crippen MR) is 191 cm³/mol. The lowest BCUT2D eigenvalue weighted by Crippen LogP contribution is -2.44. The van der Waals surface area contributed by atoms with Gasteiger partial charge in [-0.3, -0.25) is 4.57 Å². The maximum Gasteiger partial charge on any atom is 0.140 e. The summed E-state index contributed by atoms with van der Waals surface area (Å²) < 4.78 is 4.79. The Labute approximate surface area is 266 Å². The molecule has 2 unspecified atom stereocenters. The molecule has 2 aliphatic rings. The summed E-state index contributed by atoms with van der Waals surface area (Å²) in [5.41, 5.74) is 8.18. The van der Waals surface area contributed by atoms with Crippen molar-refractivity contribution < 1.29 is 0 Å². The number of para-hydroxylation sites is 5. The van der Waals surface area contributed by atoms with Crippen LogP contribution in [0.25, 0.3) is 55.1 Å². The standard InChI is InChI=1S/C42H30N4/c1-42-27-13-24-38(44-33-19-7-2-14-28(33)29-15-3-8-20-34(29)44)41(42)32-18-6-11-23-37(32)46(42)40-26-12-25-39(43-40)45-35-21-9-4-16-30(35)31-17-5-10-22-36(31)45/h2-27,41H,1H3. The molecule has 8 aromatic rings. The van der Waals surface area contributed by atoms with E-state index in [2.05, 4.69) is 179 Å². The normalized spacial score (nSPS) is 18.8. The van der Waals surface area contributed by atoms with Gasteiger partial charge >= 0.3 is 0 Å². The lowest BCUT2D eigenvalue weighted by Gasteiger charge is -2.41. The molecule has 4 nitrogen and oxygen atoms in total. The average Bonchev–Trinajstić information content (AvgIpc) is 3.71. The highest BCUT2D eigenvalue weighted by Crippen LogP contribution is 2.57. The number of hydrogen-bond donors (Lipinski definition) is 0. The van der Waals surface area contributed by atoms with Gasteiger partial charge in [-0.25, -0.2) is 4.98 Å². The molecule has 46 heavy (non-hydrogen) atoms. The molecule has 0 N–H and O–H groups in total. The lowest BCUT2D eigenvalue weighted by atomic mass is 9.78. The van der Waals surface area contributed by atoms with Gasteiger partial charge in [0.25, 0.3) is 0 Å². The molecule has 4 heterocycles. The number of anilines is 2. The largest absolute Gasteiger partial charge is 0.316 e. The van der Waals surface area contributed by atoms with E-state index in [4.69, 9.17) is 4.98 Å². The van der Waals surface area contributed by atoms with Crippen LogP contribution in [0.3, 0.4) is 0 Å². The Balaban J connectivity index is 1.18. The van der Waals surface area contributed by atoms with E-state index in [1.165, 1.54) is 49.5 Å². The molecule has 0 spiro atoms. The molecular weight excluding hydrogens is 560 g/mol. The molecule has 1 aliphatic carbocycles. The minimum absolute atomic E-state index is 0.0895. The van der Waals surface area contributed by atoms with Crippen molar-refractivity contribution in [2.75, 3.05) is 4.90 Å². The fraction of sp³-hybridized carbons (Fsp3) is 0.0714. The minimum Gasteiger partial charge on any atom is -0.316 e. The Hall–Kier alpha value is -5.87. The zero-order chi connectivity index (χ0) is 30.4. The second-order valence-electron chi connectivity index (χ2n) is 12.6. The van der Waals surface area contributed by atoms with Gasteiger partial charge in [-0.05, 0) is 61.0 Å². The Morgan fingerprint density at radius 2 is 1.02 bits per heavy atom. The van der Waals surface area contributed by atoms with Crippen LogP contribution >= 0.6 is 0 Å². The summed E-state index contributed by atoms with van der Waals surface area (Å²) >= 11 is 0. The zero-order valence-electron chi connectivity index (χ0n) is 25.4. The van der Waals surface area contributed by atoms with Crippen LogP contribution in [-0.2, 0) is 0 Å². The number of hydrogen-bond acceptors (Lipinski definition) is 2. The van der Waals surface area contributed by atoms with E-state index in [1.807, 2.05) is 0 Å². The van der Waals surface area contributed by atoms with Crippen LogP contribution in [0.1, 0.15) is 18.4 Å². The van der Waals surface area contributed by atoms with Crippen molar-refractivity contribution in [1.29, 1.82) is 0 Å². The van der Waals surface area contributed by atoms with Gasteiger partial charge in [-0.15, -0.1) is 0 Å². The van der Waals surface area contributed by atoms with Gasteiger partial charge in [0.2, 0.25) is 0 Å². The van der Waals surface area contributed by atoms with Gasteiger partial charge < -0.3 is 9.47 Å². The summed E-state index contributed by atoms with van der Waals surface area (Å²) in [5, 5.41) is 5.03. The van der Waals surface area contributed by atoms with E-state index < -0.39 is 0 Å². The maximum atomic E-state index is 5.45. The van der Waals surface area contributed by atoms with Crippen molar-refractivity contribution in [3.8, 4) is 5.82 Å². The van der Waals surface area contributed by atoms with Gasteiger partial charge in [0.15, 0.2) is 0 Å². The molecular formula is C42H30N4. The first-order chi connectivity index (χ1) is 22.7. The molecule has 4 heteroatoms. The van der Waals surface area contributed by atoms with Crippen molar-refractivity contribution in [1.82, 2.24) is 14.1 Å². The summed E-state index contributed by atoms with van der Waals surface area (Å²) in [7, 11) is 0. The first kappa shape index (κ1) is 25.5. The van der Waals surface area contributed by atoms with Crippen LogP contribution in [0.4, 0.5) is 11.5 Å². The number of rotatable bonds is 3. The van der Waals surface area contributed by atoms with Crippen LogP contribution in [0, 0.1) is 0 Å². The highest BCUT2D eigenvalue weighted by molar-refractivity contribution is 6.11. The van der Waals surface area contributed by atoms with Gasteiger partial charge in [0.05, 0.1) is 33.5 Å². The van der Waals surface area contributed by atoms with E-state index in [0.29, 0.717) is 0 Å². The van der Waals surface area contributed by atoms with Crippen LogP contribution in [0.15, 0.2) is 158 Å². The molecule has 5 aromatic carbocycles. The Bertz CT molecular complexity index is 2470. The predicted octanol–water partition coefficient (Wildman–Crippen LogP) is 10.4. The number of nitrogens with zero attached hydrogens (tertiary/aromatic N) is 4. The molecule has 1 aliphatic heterocycles. The summed E-state index contributed by atoms with van der Waals surface area (Å²) in [5.74, 6) is 1.94. The van der Waals surface area contributed by atoms with E-state index in [9.17, 15) is 0 Å². The Morgan fingerprint density at radius 1 is 0.522 bits per heavy atom. The molecule has 2 atom stereocenters. The van der Waals surface area contributed by atoms with Crippen LogP contribution < -0.4 is 4.90 Å². The number of allylic oxidation sites excluding steroid dienone is 2. The average molecular weight is 591 g/mol. The summed E-state index contributed by atoms with van der Waals surface area (Å²) in [4.78, 5) is 7.91. The molecule has 3 aromatic heterocycles. The first-order valence-corrected chi connectivity index (χ1v) is 16.0. The van der Waals surface area contributed by atoms with Crippen molar-refractivity contribution in [2.45, 2.75) is 18.4 Å². The fourth-order valence-electron chi connectivity index (χ4n) is 8.31. The van der Waals surface area contributed by atoms with E-state index in [0.717, 1.165) is 22.7 Å². The van der Waals surface area contributed by atoms with Crippen molar-refractivity contribution in [3.05, 3.63) is 163 Å². The summed E-state index contributed by atoms with van der Waals surface area (Å²) in [6.45, 7) is 2.36. The second kappa shape index (κ2) is 9.32. The van der Waals surface area contributed by atoms with Gasteiger partial charge in [-0.1, -0.05) is 109 Å². The summed E-state index contributed by atoms with van der Waals surface area (Å²) in [6.07, 6.45) is 6.92. The lowest BCUT2D eigenvalue weighted by molar-refractivity contribution is 0.539. The molecule has 0 saturated heterocycles. The topological polar surface area (TPSA) is 26.0 Å². The minimum atomic E-state index is -0.382. The third-order valence-corrected chi connectivity index (χ3v) is 10.1. The smallest absolute Gasteiger partial charge is 0.140 e. The molecule has 0 radical (unpaired) electrons. The second-order valence-corrected chi connectivity index (χ2v) is 12.6. The van der Waals surface area contributed by atoms with E-state index >= 15 is 0 Å². The first-order valence-electron chi connectivity index (χ1n) is 16.0. The Kier molecular flexibility index (Phi) is 5.16. The van der Waals surface area contributed by atoms with E-state index in [1.54, 1.807) is 0 Å². The van der Waals surface area contributed by atoms with Gasteiger partial charge in [-0.2, -0.15) is 0 Å². The molecule has 218 valence electrons. The Morgan fingerprint density at radius 3 is 1.63 bits per heavy atom. The van der Waals surface area contributed by atoms with E-state index in [-0.39, 0.29) is 11.5 Å². The van der Waals surface area contributed by atoms with Gasteiger partial charge in [0, 0.05) is 32.9 Å². The molecule has 0 bridgehead atoms. The third-order valence-electron chi connectivity index (χ3n) is 10.1. The van der Waals surface area contributed by atoms with Crippen molar-refractivity contribution in [2.24, 2.45) is 0 Å². The highest BCUT2D eigenvalue weighted by Gasteiger charge is 2.51. The van der Waals surface area contributed by atoms with Crippen LogP contribution in [-0.4, -0.2) is 19.7 Å². The fourth-order valence-corrected chi connectivity index (χ4v) is 8.31. The molecule has 0 saturated carbocycles. The molecule has 0 fully saturated rings. The zero-order valence-corrected chi connectivity index (χ0v) is 25.4.